The Morgan fingerprint density at radius 3 is 2.55 bits per heavy atom. The molecule has 4 unspecified atom stereocenters. The molecule has 0 aromatic carbocycles. The zero-order valence-corrected chi connectivity index (χ0v) is 26.6. The average molecular weight is 624 g/mol. The Bertz CT molecular complexity index is 1030. The van der Waals surface area contributed by atoms with E-state index in [-0.39, 0.29) is 31.6 Å². The number of ether oxygens (including phenoxy) is 2. The van der Waals surface area contributed by atoms with Crippen LogP contribution in [0.5, 0.6) is 0 Å². The number of halogens is 1. The number of fused-ring (bicyclic) bond motifs is 2. The van der Waals surface area contributed by atoms with Gasteiger partial charge in [0.25, 0.3) is 0 Å². The van der Waals surface area contributed by atoms with Crippen LogP contribution in [0.25, 0.3) is 0 Å². The second kappa shape index (κ2) is 19.0. The smallest absolute Gasteiger partial charge is 0.306 e. The van der Waals surface area contributed by atoms with Gasteiger partial charge in [0.1, 0.15) is 6.23 Å². The number of dihydropyridines is 1. The minimum atomic E-state index is -1.20. The molecular weight excluding hydrogens is 576 g/mol. The molecule has 224 valence electrons. The number of hydrogen-bond acceptors (Lipinski definition) is 8. The van der Waals surface area contributed by atoms with Crippen LogP contribution < -0.4 is 0 Å². The van der Waals surface area contributed by atoms with E-state index >= 15 is 0 Å². The van der Waals surface area contributed by atoms with E-state index in [1.54, 1.807) is 24.1 Å². The number of methoxy groups -OCH3 is 1. The largest absolute Gasteiger partial charge is 0.450 e. The average Bonchev–Trinajstić information content (AvgIpc) is 3.02. The standard InChI is InChI=1S/C27H35BrN2O6.2C2H6/c1-17-7-6-8-19-21(14-31)20-13-30(2)27(34)22(16-35-3)18(10-11-23(20)29-26(17)19)24(15-32)36-25(33)9-4-5-12-28;2*1-2/h6-8,10-11,15,17,24,26-27,31,34H,4-5,9,12-14,16H2,1-3H3;2*1-2H3/b11-10+,22-18+;;. The Morgan fingerprint density at radius 2 is 1.95 bits per heavy atom. The third kappa shape index (κ3) is 9.17. The van der Waals surface area contributed by atoms with Crippen LogP contribution in [0, 0.1) is 5.92 Å². The molecule has 3 aliphatic rings. The quantitative estimate of drug-likeness (QED) is 0.157. The number of aliphatic hydroxyl groups is 2. The summed E-state index contributed by atoms with van der Waals surface area (Å²) in [6.07, 6.45) is 9.37. The van der Waals surface area contributed by atoms with Gasteiger partial charge in [0.05, 0.1) is 25.0 Å². The fraction of sp³-hybridized carbons (Fsp3) is 0.581. The van der Waals surface area contributed by atoms with Crippen LogP contribution in [0.3, 0.4) is 0 Å². The van der Waals surface area contributed by atoms with Gasteiger partial charge in [0.15, 0.2) is 12.4 Å². The molecule has 0 fully saturated rings. The van der Waals surface area contributed by atoms with Crippen LogP contribution in [0.1, 0.15) is 53.9 Å². The van der Waals surface area contributed by atoms with Crippen molar-refractivity contribution in [3.8, 4) is 0 Å². The van der Waals surface area contributed by atoms with Gasteiger partial charge in [-0.1, -0.05) is 74.9 Å². The third-order valence-electron chi connectivity index (χ3n) is 6.65. The number of nitrogens with zero attached hydrogens (tertiary/aromatic N) is 2. The molecule has 40 heavy (non-hydrogen) atoms. The van der Waals surface area contributed by atoms with E-state index < -0.39 is 18.3 Å². The number of unbranched alkanes of at least 4 members (excludes halogenated alkanes) is 1. The van der Waals surface area contributed by atoms with Gasteiger partial charge < -0.3 is 19.7 Å². The highest BCUT2D eigenvalue weighted by atomic mass is 79.9. The first-order valence-electron chi connectivity index (χ1n) is 14.1. The van der Waals surface area contributed by atoms with Crippen molar-refractivity contribution < 1.29 is 29.3 Å². The van der Waals surface area contributed by atoms with Crippen molar-refractivity contribution in [2.75, 3.05) is 39.2 Å². The van der Waals surface area contributed by atoms with Crippen LogP contribution >= 0.6 is 15.9 Å². The van der Waals surface area contributed by atoms with Gasteiger partial charge in [0.2, 0.25) is 0 Å². The number of likely N-dealkylation sites (N-methyl/N-ethyl adjacent to an activating group) is 1. The van der Waals surface area contributed by atoms with Gasteiger partial charge >= 0.3 is 5.97 Å². The summed E-state index contributed by atoms with van der Waals surface area (Å²) in [5, 5.41) is 22.4. The molecule has 8 nitrogen and oxygen atoms in total. The van der Waals surface area contributed by atoms with E-state index in [9.17, 15) is 19.8 Å². The zero-order valence-electron chi connectivity index (χ0n) is 25.0. The highest BCUT2D eigenvalue weighted by molar-refractivity contribution is 9.09. The molecule has 9 heteroatoms. The van der Waals surface area contributed by atoms with Crippen LogP contribution in [-0.2, 0) is 19.1 Å². The molecule has 3 rings (SSSR count). The molecule has 0 amide bonds. The van der Waals surface area contributed by atoms with E-state index in [2.05, 4.69) is 28.9 Å². The van der Waals surface area contributed by atoms with Crippen molar-refractivity contribution in [3.63, 3.8) is 0 Å². The lowest BCUT2D eigenvalue weighted by molar-refractivity contribution is -0.149. The molecule has 2 heterocycles. The lowest BCUT2D eigenvalue weighted by Crippen LogP contribution is -2.39. The van der Waals surface area contributed by atoms with Crippen molar-refractivity contribution in [3.05, 3.63) is 58.2 Å². The Morgan fingerprint density at radius 1 is 1.25 bits per heavy atom. The highest BCUT2D eigenvalue weighted by Crippen LogP contribution is 2.35. The second-order valence-electron chi connectivity index (χ2n) is 9.17. The maximum absolute atomic E-state index is 12.4. The van der Waals surface area contributed by atoms with Crippen molar-refractivity contribution in [1.82, 2.24) is 4.90 Å². The number of aldehydes is 1. The first-order chi connectivity index (χ1) is 19.4. The Labute approximate surface area is 248 Å². The molecule has 4 atom stereocenters. The van der Waals surface area contributed by atoms with Crippen molar-refractivity contribution >= 4 is 33.9 Å². The number of carbonyl (C=O) groups excluding carboxylic acids is 2. The summed E-state index contributed by atoms with van der Waals surface area (Å²) in [7, 11) is 3.24. The number of carbonyl (C=O) groups is 2. The van der Waals surface area contributed by atoms with E-state index in [1.165, 1.54) is 7.11 Å². The number of esters is 1. The lowest BCUT2D eigenvalue weighted by Gasteiger charge is -2.34. The summed E-state index contributed by atoms with van der Waals surface area (Å²) in [6, 6.07) is -0.142. The molecule has 0 bridgehead atoms. The van der Waals surface area contributed by atoms with Crippen molar-refractivity contribution in [2.24, 2.45) is 10.9 Å². The van der Waals surface area contributed by atoms with E-state index in [1.807, 2.05) is 39.8 Å². The van der Waals surface area contributed by atoms with Crippen molar-refractivity contribution in [2.45, 2.75) is 72.3 Å². The number of hydrogen-bond donors (Lipinski definition) is 2. The van der Waals surface area contributed by atoms with Crippen LogP contribution in [0.4, 0.5) is 0 Å². The molecule has 0 aromatic heterocycles. The summed E-state index contributed by atoms with van der Waals surface area (Å²) >= 11 is 3.34. The first kappa shape index (κ1) is 35.9. The monoisotopic (exact) mass is 622 g/mol. The first-order valence-corrected chi connectivity index (χ1v) is 15.3. The highest BCUT2D eigenvalue weighted by Gasteiger charge is 2.34. The predicted octanol–water partition coefficient (Wildman–Crippen LogP) is 4.72. The van der Waals surface area contributed by atoms with E-state index in [0.717, 1.165) is 28.5 Å². The fourth-order valence-electron chi connectivity index (χ4n) is 4.70. The molecule has 0 aromatic rings. The lowest BCUT2D eigenvalue weighted by atomic mass is 9.81. The molecule has 1 aliphatic carbocycles. The van der Waals surface area contributed by atoms with E-state index in [4.69, 9.17) is 14.5 Å². The van der Waals surface area contributed by atoms with Crippen LogP contribution in [0.2, 0.25) is 0 Å². The minimum Gasteiger partial charge on any atom is -0.450 e. The van der Waals surface area contributed by atoms with Gasteiger partial charge in [-0.2, -0.15) is 0 Å². The number of rotatable bonds is 10. The van der Waals surface area contributed by atoms with Gasteiger partial charge in [-0.15, -0.1) is 0 Å². The van der Waals surface area contributed by atoms with Gasteiger partial charge in [-0.3, -0.25) is 19.5 Å². The SMILES string of the molecule is CC.CC.COC/C1=C(C(C=O)OC(=O)CCCCBr)/C=C/C2=NC3C(=CC=CC3C)C(CO)=C2CN(C)C1O. The Balaban J connectivity index is 0.00000191. The Kier molecular flexibility index (Phi) is 17.1. The molecule has 0 radical (unpaired) electrons. The summed E-state index contributed by atoms with van der Waals surface area (Å²) in [5.41, 5.74) is 3.98. The molecule has 0 spiro atoms. The number of allylic oxidation sites excluding steroid dienone is 3. The maximum atomic E-state index is 12.4. The number of aliphatic imine (C=N–C) groups is 1. The van der Waals surface area contributed by atoms with Crippen LogP contribution in [0.15, 0.2) is 63.2 Å². The number of alkyl halides is 1. The van der Waals surface area contributed by atoms with Gasteiger partial charge in [-0.25, -0.2) is 0 Å². The number of aliphatic hydroxyl groups excluding tert-OH is 2. The third-order valence-corrected chi connectivity index (χ3v) is 7.21. The second-order valence-corrected chi connectivity index (χ2v) is 9.96. The molecule has 2 aliphatic heterocycles. The molecule has 2 N–H and O–H groups in total. The van der Waals surface area contributed by atoms with E-state index in [0.29, 0.717) is 36.1 Å². The maximum Gasteiger partial charge on any atom is 0.306 e. The molecular formula is C31H47BrN2O6. The van der Waals surface area contributed by atoms with Gasteiger partial charge in [0, 0.05) is 42.5 Å². The molecule has 0 saturated carbocycles. The zero-order chi connectivity index (χ0) is 30.2. The van der Waals surface area contributed by atoms with Gasteiger partial charge in [-0.05, 0) is 42.7 Å². The van der Waals surface area contributed by atoms with Crippen LogP contribution in [-0.4, -0.2) is 90.7 Å². The minimum absolute atomic E-state index is 0.0315. The summed E-state index contributed by atoms with van der Waals surface area (Å²) in [4.78, 5) is 31.3. The van der Waals surface area contributed by atoms with Crippen molar-refractivity contribution in [1.29, 1.82) is 0 Å². The summed E-state index contributed by atoms with van der Waals surface area (Å²) < 4.78 is 10.9. The fourth-order valence-corrected chi connectivity index (χ4v) is 5.09. The summed E-state index contributed by atoms with van der Waals surface area (Å²) in [6.45, 7) is 10.3. The predicted molar refractivity (Wildman–Crippen MR) is 165 cm³/mol. The molecule has 0 saturated heterocycles. The topological polar surface area (TPSA) is 109 Å². The Hall–Kier alpha value is -2.17. The summed E-state index contributed by atoms with van der Waals surface area (Å²) in [5.74, 6) is -0.337. The normalized spacial score (nSPS) is 25.6.